The number of hydrogen-bond donors (Lipinski definition) is 2. The first kappa shape index (κ1) is 22.7. The summed E-state index contributed by atoms with van der Waals surface area (Å²) >= 11 is 0. The molecule has 30 heavy (non-hydrogen) atoms. The Morgan fingerprint density at radius 3 is 2.60 bits per heavy atom. The fourth-order valence-corrected chi connectivity index (χ4v) is 5.28. The third-order valence-electron chi connectivity index (χ3n) is 6.09. The standard InChI is InChI=1S/C23H33N3O3S/c1-20(23(27)24-14-12-21-8-4-2-5-9-21)25-15-17-26(18-16-25)30(28,29)19-13-22-10-6-3-7-11-22/h3,6-8,10-11,13,19-20H,2,4-5,9,12,14-18H2,1H3,(H,24,27)/p+1/b19-13+/t20-/m0/s1. The van der Waals surface area contributed by atoms with E-state index in [-0.39, 0.29) is 11.9 Å². The molecule has 164 valence electrons. The lowest BCUT2D eigenvalue weighted by Crippen LogP contribution is -3.19. The normalized spacial score (nSPS) is 20.1. The summed E-state index contributed by atoms with van der Waals surface area (Å²) in [6.07, 6.45) is 9.74. The maximum atomic E-state index is 12.6. The minimum atomic E-state index is -3.44. The number of amides is 1. The van der Waals surface area contributed by atoms with Gasteiger partial charge in [-0.15, -0.1) is 0 Å². The zero-order valence-electron chi connectivity index (χ0n) is 17.8. The highest BCUT2D eigenvalue weighted by Crippen LogP contribution is 2.19. The summed E-state index contributed by atoms with van der Waals surface area (Å²) in [6.45, 7) is 4.76. The molecule has 1 fully saturated rings. The van der Waals surface area contributed by atoms with Gasteiger partial charge in [0.1, 0.15) is 0 Å². The van der Waals surface area contributed by atoms with Crippen molar-refractivity contribution in [3.63, 3.8) is 0 Å². The summed E-state index contributed by atoms with van der Waals surface area (Å²) < 4.78 is 26.7. The van der Waals surface area contributed by atoms with Gasteiger partial charge in [0, 0.05) is 12.0 Å². The molecule has 1 aromatic carbocycles. The molecule has 0 bridgehead atoms. The molecule has 0 spiro atoms. The molecule has 3 rings (SSSR count). The van der Waals surface area contributed by atoms with Gasteiger partial charge in [-0.2, -0.15) is 4.31 Å². The highest BCUT2D eigenvalue weighted by molar-refractivity contribution is 7.92. The van der Waals surface area contributed by atoms with Gasteiger partial charge in [-0.05, 0) is 50.7 Å². The Labute approximate surface area is 180 Å². The second kappa shape index (κ2) is 10.9. The Bertz CT molecular complexity index is 857. The van der Waals surface area contributed by atoms with Crippen LogP contribution in [0.1, 0.15) is 44.6 Å². The van der Waals surface area contributed by atoms with Gasteiger partial charge in [0.05, 0.1) is 26.2 Å². The molecule has 2 aliphatic rings. The van der Waals surface area contributed by atoms with Crippen LogP contribution in [0, 0.1) is 0 Å². The number of nitrogens with one attached hydrogen (secondary N) is 2. The molecule has 0 aromatic heterocycles. The predicted octanol–water partition coefficient (Wildman–Crippen LogP) is 1.58. The Morgan fingerprint density at radius 1 is 1.20 bits per heavy atom. The first-order valence-electron chi connectivity index (χ1n) is 11.0. The van der Waals surface area contributed by atoms with Crippen LogP contribution in [0.25, 0.3) is 6.08 Å². The van der Waals surface area contributed by atoms with Crippen LogP contribution < -0.4 is 10.2 Å². The molecule has 1 aliphatic carbocycles. The van der Waals surface area contributed by atoms with Gasteiger partial charge < -0.3 is 10.2 Å². The van der Waals surface area contributed by atoms with Crippen molar-refractivity contribution in [3.05, 3.63) is 53.0 Å². The van der Waals surface area contributed by atoms with Crippen molar-refractivity contribution in [3.8, 4) is 0 Å². The Hall–Kier alpha value is -1.96. The minimum Gasteiger partial charge on any atom is -0.351 e. The summed E-state index contributed by atoms with van der Waals surface area (Å²) in [5, 5.41) is 4.34. The summed E-state index contributed by atoms with van der Waals surface area (Å²) in [6, 6.07) is 9.24. The maximum Gasteiger partial charge on any atom is 0.278 e. The Morgan fingerprint density at radius 2 is 1.93 bits per heavy atom. The van der Waals surface area contributed by atoms with Gasteiger partial charge in [-0.25, -0.2) is 8.42 Å². The van der Waals surface area contributed by atoms with Crippen molar-refractivity contribution in [2.24, 2.45) is 0 Å². The smallest absolute Gasteiger partial charge is 0.278 e. The molecule has 1 aromatic rings. The van der Waals surface area contributed by atoms with Crippen molar-refractivity contribution in [2.75, 3.05) is 32.7 Å². The topological polar surface area (TPSA) is 70.9 Å². The number of carbonyl (C=O) groups excluding carboxylic acids is 1. The molecular weight excluding hydrogens is 398 g/mol. The molecule has 7 heteroatoms. The van der Waals surface area contributed by atoms with Gasteiger partial charge in [0.15, 0.2) is 6.04 Å². The molecule has 1 aliphatic heterocycles. The van der Waals surface area contributed by atoms with E-state index in [1.165, 1.54) is 28.1 Å². The predicted molar refractivity (Wildman–Crippen MR) is 120 cm³/mol. The van der Waals surface area contributed by atoms with Crippen LogP contribution in [-0.4, -0.2) is 57.4 Å². The third-order valence-corrected chi connectivity index (χ3v) is 7.66. The molecule has 0 unspecified atom stereocenters. The molecule has 2 N–H and O–H groups in total. The summed E-state index contributed by atoms with van der Waals surface area (Å²) in [5.74, 6) is 0.0571. The average molecular weight is 433 g/mol. The van der Waals surface area contributed by atoms with E-state index in [2.05, 4.69) is 11.4 Å². The Kier molecular flexibility index (Phi) is 8.24. The van der Waals surface area contributed by atoms with E-state index in [0.717, 1.165) is 29.7 Å². The van der Waals surface area contributed by atoms with Crippen LogP contribution in [-0.2, 0) is 14.8 Å². The van der Waals surface area contributed by atoms with Gasteiger partial charge in [0.25, 0.3) is 5.91 Å². The van der Waals surface area contributed by atoms with Crippen LogP contribution in [0.3, 0.4) is 0 Å². The van der Waals surface area contributed by atoms with Crippen molar-refractivity contribution in [1.82, 2.24) is 9.62 Å². The number of quaternary nitrogens is 1. The zero-order valence-corrected chi connectivity index (χ0v) is 18.7. The molecule has 1 heterocycles. The second-order valence-corrected chi connectivity index (χ2v) is 10.0. The average Bonchev–Trinajstić information content (AvgIpc) is 2.79. The van der Waals surface area contributed by atoms with E-state index in [9.17, 15) is 13.2 Å². The monoisotopic (exact) mass is 432 g/mol. The third kappa shape index (κ3) is 6.52. The second-order valence-electron chi connectivity index (χ2n) is 8.19. The van der Waals surface area contributed by atoms with E-state index in [1.807, 2.05) is 37.3 Å². The van der Waals surface area contributed by atoms with Crippen molar-refractivity contribution >= 4 is 22.0 Å². The minimum absolute atomic E-state index is 0.0571. The fraction of sp³-hybridized carbons (Fsp3) is 0.522. The number of hydrogen-bond acceptors (Lipinski definition) is 3. The highest BCUT2D eigenvalue weighted by Gasteiger charge is 2.32. The lowest BCUT2D eigenvalue weighted by atomic mass is 9.97. The van der Waals surface area contributed by atoms with Crippen LogP contribution in [0.2, 0.25) is 0 Å². The van der Waals surface area contributed by atoms with Gasteiger partial charge >= 0.3 is 0 Å². The number of carbonyl (C=O) groups is 1. The van der Waals surface area contributed by atoms with Crippen LogP contribution in [0.15, 0.2) is 47.4 Å². The molecule has 1 saturated heterocycles. The first-order chi connectivity index (χ1) is 14.5. The Balaban J connectivity index is 1.44. The molecule has 0 radical (unpaired) electrons. The van der Waals surface area contributed by atoms with E-state index in [4.69, 9.17) is 0 Å². The van der Waals surface area contributed by atoms with Crippen LogP contribution in [0.5, 0.6) is 0 Å². The number of nitrogens with zero attached hydrogens (tertiary/aromatic N) is 1. The number of rotatable bonds is 8. The molecule has 1 atom stereocenters. The summed E-state index contributed by atoms with van der Waals surface area (Å²) in [7, 11) is -3.44. The van der Waals surface area contributed by atoms with Gasteiger partial charge in [-0.1, -0.05) is 42.0 Å². The first-order valence-corrected chi connectivity index (χ1v) is 12.5. The SMILES string of the molecule is C[C@@H](C(=O)NCCC1=CCCCC1)[NH+]1CCN(S(=O)(=O)/C=C/c2ccccc2)CC1. The van der Waals surface area contributed by atoms with E-state index in [0.29, 0.717) is 32.7 Å². The van der Waals surface area contributed by atoms with Crippen LogP contribution >= 0.6 is 0 Å². The number of piperazine rings is 1. The van der Waals surface area contributed by atoms with E-state index < -0.39 is 10.0 Å². The van der Waals surface area contributed by atoms with Crippen LogP contribution in [0.4, 0.5) is 0 Å². The molecule has 6 nitrogen and oxygen atoms in total. The molecule has 0 saturated carbocycles. The van der Waals surface area contributed by atoms with E-state index >= 15 is 0 Å². The van der Waals surface area contributed by atoms with Gasteiger partial charge in [-0.3, -0.25) is 4.79 Å². The van der Waals surface area contributed by atoms with Crippen molar-refractivity contribution < 1.29 is 18.1 Å². The largest absolute Gasteiger partial charge is 0.351 e. The summed E-state index contributed by atoms with van der Waals surface area (Å²) in [5.41, 5.74) is 2.32. The number of allylic oxidation sites excluding steroid dienone is 1. The number of benzene rings is 1. The van der Waals surface area contributed by atoms with Crippen molar-refractivity contribution in [1.29, 1.82) is 0 Å². The maximum absolute atomic E-state index is 12.6. The van der Waals surface area contributed by atoms with Gasteiger partial charge in [0.2, 0.25) is 10.0 Å². The van der Waals surface area contributed by atoms with Crippen molar-refractivity contribution in [2.45, 2.75) is 45.1 Å². The zero-order chi connectivity index (χ0) is 21.4. The highest BCUT2D eigenvalue weighted by atomic mass is 32.2. The fourth-order valence-electron chi connectivity index (χ4n) is 4.09. The lowest BCUT2D eigenvalue weighted by molar-refractivity contribution is -0.917. The molecular formula is C23H34N3O3S+. The molecule has 1 amide bonds. The lowest BCUT2D eigenvalue weighted by Gasteiger charge is -2.33. The van der Waals surface area contributed by atoms with E-state index in [1.54, 1.807) is 6.08 Å². The summed E-state index contributed by atoms with van der Waals surface area (Å²) in [4.78, 5) is 13.7. The quantitative estimate of drug-likeness (QED) is 0.613. The number of sulfonamides is 1.